The minimum atomic E-state index is -1.48. The summed E-state index contributed by atoms with van der Waals surface area (Å²) < 4.78 is 7.54. The fourth-order valence-electron chi connectivity index (χ4n) is 0.825. The van der Waals surface area contributed by atoms with Crippen LogP contribution in [-0.4, -0.2) is 27.1 Å². The van der Waals surface area contributed by atoms with Crippen LogP contribution in [0.25, 0.3) is 0 Å². The first-order valence-electron chi connectivity index (χ1n) is 4.51. The number of hydrogen-bond donors (Lipinski definition) is 0. The zero-order valence-corrected chi connectivity index (χ0v) is 13.0. The highest BCUT2D eigenvalue weighted by Crippen LogP contribution is 2.29. The molecule has 0 aromatic rings. The zero-order chi connectivity index (χ0) is 12.8. The molecule has 0 rings (SSSR count). The minimum absolute atomic E-state index is 0.0812. The van der Waals surface area contributed by atoms with E-state index in [1.165, 1.54) is 0 Å². The highest BCUT2D eigenvalue weighted by atomic mass is 35.6. The van der Waals surface area contributed by atoms with Crippen LogP contribution in [0.2, 0.25) is 0 Å². The van der Waals surface area contributed by atoms with Crippen LogP contribution in [0.15, 0.2) is 0 Å². The lowest BCUT2D eigenvalue weighted by Gasteiger charge is -2.22. The van der Waals surface area contributed by atoms with Crippen LogP contribution in [0.4, 0.5) is 0 Å². The molecule has 0 fully saturated rings. The predicted molar refractivity (Wildman–Crippen MR) is 71.2 cm³/mol. The van der Waals surface area contributed by atoms with Crippen molar-refractivity contribution in [3.8, 4) is 0 Å². The van der Waals surface area contributed by atoms with Gasteiger partial charge in [0.1, 0.15) is 0 Å². The van der Waals surface area contributed by atoms with Crippen LogP contribution in [0.3, 0.4) is 0 Å². The Bertz CT molecular complexity index is 170. The van der Waals surface area contributed by atoms with Gasteiger partial charge < -0.3 is 9.47 Å². The lowest BCUT2D eigenvalue weighted by Crippen LogP contribution is -2.27. The van der Waals surface area contributed by atoms with Gasteiger partial charge in [0.2, 0.25) is 7.59 Å². The normalized spacial score (nSPS) is 13.5. The van der Waals surface area contributed by atoms with E-state index in [1.54, 1.807) is 0 Å². The Morgan fingerprint density at radius 2 is 1.25 bits per heavy atom. The third-order valence-corrected chi connectivity index (χ3v) is 2.04. The zero-order valence-electron chi connectivity index (χ0n) is 8.49. The van der Waals surface area contributed by atoms with E-state index in [4.69, 9.17) is 79.1 Å². The minimum Gasteiger partial charge on any atom is -0.348 e. The van der Waals surface area contributed by atoms with E-state index < -0.39 is 13.9 Å². The third kappa shape index (κ3) is 12.1. The van der Waals surface area contributed by atoms with Crippen LogP contribution < -0.4 is 0 Å². The van der Waals surface area contributed by atoms with Gasteiger partial charge in [0, 0.05) is 0 Å². The van der Waals surface area contributed by atoms with Crippen LogP contribution in [-0.2, 0) is 9.47 Å². The fourth-order valence-corrected chi connectivity index (χ4v) is 1.20. The summed E-state index contributed by atoms with van der Waals surface area (Å²) in [5.41, 5.74) is 0. The van der Waals surface area contributed by atoms with Crippen molar-refractivity contribution >= 4 is 69.6 Å². The molecule has 0 aliphatic heterocycles. The van der Waals surface area contributed by atoms with E-state index in [1.807, 2.05) is 6.92 Å². The fraction of sp³-hybridized carbons (Fsp3) is 1.00. The van der Waals surface area contributed by atoms with Crippen molar-refractivity contribution < 1.29 is 9.47 Å². The van der Waals surface area contributed by atoms with Crippen molar-refractivity contribution in [1.29, 1.82) is 0 Å². The average Bonchev–Trinajstić information content (AvgIpc) is 2.07. The van der Waals surface area contributed by atoms with E-state index in [0.29, 0.717) is 6.42 Å². The van der Waals surface area contributed by atoms with Gasteiger partial charge in [-0.15, -0.1) is 0 Å². The summed E-state index contributed by atoms with van der Waals surface area (Å²) in [5, 5.41) is 0. The second-order valence-electron chi connectivity index (χ2n) is 3.07. The first kappa shape index (κ1) is 17.7. The smallest absolute Gasteiger partial charge is 0.213 e. The molecule has 0 aliphatic rings. The van der Waals surface area contributed by atoms with Crippen LogP contribution in [0.1, 0.15) is 19.8 Å². The molecule has 16 heavy (non-hydrogen) atoms. The van der Waals surface area contributed by atoms with Gasteiger partial charge in [-0.2, -0.15) is 0 Å². The van der Waals surface area contributed by atoms with E-state index >= 15 is 0 Å². The number of hydrogen-bond acceptors (Lipinski definition) is 2. The van der Waals surface area contributed by atoms with Gasteiger partial charge in [0.15, 0.2) is 6.29 Å². The maximum atomic E-state index is 5.54. The molecule has 0 radical (unpaired) electrons. The van der Waals surface area contributed by atoms with Gasteiger partial charge in [-0.1, -0.05) is 83.0 Å². The van der Waals surface area contributed by atoms with E-state index in [-0.39, 0.29) is 13.2 Å². The van der Waals surface area contributed by atoms with Crippen LogP contribution >= 0.6 is 69.6 Å². The Kier molecular flexibility index (Phi) is 8.78. The summed E-state index contributed by atoms with van der Waals surface area (Å²) in [6.45, 7) is 1.80. The average molecular weight is 353 g/mol. The molecule has 0 aromatic heterocycles. The molecule has 0 saturated heterocycles. The molecule has 2 nitrogen and oxygen atoms in total. The molecule has 0 spiro atoms. The molecule has 98 valence electrons. The molecule has 0 atom stereocenters. The molecule has 0 N–H and O–H groups in total. The molecule has 0 heterocycles. The molecule has 8 heteroatoms. The van der Waals surface area contributed by atoms with Gasteiger partial charge in [-0.05, 0) is 6.42 Å². The van der Waals surface area contributed by atoms with Gasteiger partial charge in [-0.25, -0.2) is 0 Å². The van der Waals surface area contributed by atoms with Gasteiger partial charge >= 0.3 is 0 Å². The lowest BCUT2D eigenvalue weighted by molar-refractivity contribution is -0.143. The highest BCUT2D eigenvalue weighted by Gasteiger charge is 2.25. The summed E-state index contributed by atoms with van der Waals surface area (Å²) >= 11 is 33.2. The molecule has 0 saturated carbocycles. The number of rotatable bonds is 6. The third-order valence-electron chi connectivity index (χ3n) is 1.39. The standard InChI is InChI=1S/C8H12Cl6O2/c1-2-3-6(15-4-7(9,10)11)16-5-8(12,13)14/h6H,2-5H2,1H3. The monoisotopic (exact) mass is 350 g/mol. The van der Waals surface area contributed by atoms with Gasteiger partial charge in [0.25, 0.3) is 0 Å². The summed E-state index contributed by atoms with van der Waals surface area (Å²) in [4.78, 5) is 0. The first-order valence-corrected chi connectivity index (χ1v) is 6.77. The SMILES string of the molecule is CCCC(OCC(Cl)(Cl)Cl)OCC(Cl)(Cl)Cl. The molecule has 0 amide bonds. The van der Waals surface area contributed by atoms with Crippen molar-refractivity contribution in [2.24, 2.45) is 0 Å². The second-order valence-corrected chi connectivity index (χ2v) is 8.10. The lowest BCUT2D eigenvalue weighted by atomic mass is 10.3. The Morgan fingerprint density at radius 1 is 0.875 bits per heavy atom. The molecule has 0 unspecified atom stereocenters. The second kappa shape index (κ2) is 7.96. The van der Waals surface area contributed by atoms with Gasteiger partial charge in [-0.3, -0.25) is 0 Å². The predicted octanol–water partition coefficient (Wildman–Crippen LogP) is 4.89. The Hall–Kier alpha value is 1.66. The molecule has 0 aliphatic carbocycles. The van der Waals surface area contributed by atoms with Crippen LogP contribution in [0.5, 0.6) is 0 Å². The Labute approximate surface area is 125 Å². The van der Waals surface area contributed by atoms with E-state index in [9.17, 15) is 0 Å². The Balaban J connectivity index is 3.98. The summed E-state index contributed by atoms with van der Waals surface area (Å²) in [6, 6.07) is 0. The Morgan fingerprint density at radius 3 is 1.50 bits per heavy atom. The summed E-state index contributed by atoms with van der Waals surface area (Å²) in [7, 11) is 0. The van der Waals surface area contributed by atoms with E-state index in [0.717, 1.165) is 6.42 Å². The number of alkyl halides is 6. The maximum absolute atomic E-state index is 5.54. The summed E-state index contributed by atoms with van der Waals surface area (Å²) in [6.07, 6.45) is 0.919. The maximum Gasteiger partial charge on any atom is 0.213 e. The topological polar surface area (TPSA) is 18.5 Å². The van der Waals surface area contributed by atoms with Crippen molar-refractivity contribution in [2.45, 2.75) is 33.6 Å². The number of halogens is 6. The van der Waals surface area contributed by atoms with Crippen molar-refractivity contribution in [3.63, 3.8) is 0 Å². The molecule has 0 bridgehead atoms. The largest absolute Gasteiger partial charge is 0.348 e. The quantitative estimate of drug-likeness (QED) is 0.500. The van der Waals surface area contributed by atoms with Crippen molar-refractivity contribution in [1.82, 2.24) is 0 Å². The first-order chi connectivity index (χ1) is 7.14. The van der Waals surface area contributed by atoms with Gasteiger partial charge in [0.05, 0.1) is 13.2 Å². The molecule has 0 aromatic carbocycles. The van der Waals surface area contributed by atoms with Crippen LogP contribution in [0, 0.1) is 0 Å². The van der Waals surface area contributed by atoms with Crippen molar-refractivity contribution in [3.05, 3.63) is 0 Å². The highest BCUT2D eigenvalue weighted by molar-refractivity contribution is 6.68. The number of ether oxygens (including phenoxy) is 2. The molecular weight excluding hydrogens is 341 g/mol. The molecular formula is C8H12Cl6O2. The van der Waals surface area contributed by atoms with E-state index in [2.05, 4.69) is 0 Å². The van der Waals surface area contributed by atoms with Crippen molar-refractivity contribution in [2.75, 3.05) is 13.2 Å². The summed E-state index contributed by atoms with van der Waals surface area (Å²) in [5.74, 6) is 0.